The Kier molecular flexibility index (Phi) is 4.20. The molecule has 1 heterocycles. The van der Waals surface area contributed by atoms with Gasteiger partial charge >= 0.3 is 5.97 Å². The predicted octanol–water partition coefficient (Wildman–Crippen LogP) is 2.05. The maximum Gasteiger partial charge on any atom is 0.306 e. The molecule has 21 heavy (non-hydrogen) atoms. The van der Waals surface area contributed by atoms with E-state index in [-0.39, 0.29) is 23.3 Å². The van der Waals surface area contributed by atoms with Crippen molar-refractivity contribution in [3.8, 4) is 0 Å². The van der Waals surface area contributed by atoms with E-state index in [1.807, 2.05) is 4.90 Å². The summed E-state index contributed by atoms with van der Waals surface area (Å²) in [6, 6.07) is 0. The first-order valence-electron chi connectivity index (χ1n) is 8.25. The van der Waals surface area contributed by atoms with E-state index in [2.05, 4.69) is 0 Å². The van der Waals surface area contributed by atoms with Crippen LogP contribution in [-0.4, -0.2) is 47.2 Å². The van der Waals surface area contributed by atoms with Crippen LogP contribution in [0.4, 0.5) is 0 Å². The standard InChI is InChI=1S/C16H25NO4/c18-14(12-4-3-5-13(10-12)15(19)20)17-8-9-21-16(11-17)6-1-2-7-16/h12-13H,1-11H2,(H,19,20). The highest BCUT2D eigenvalue weighted by Gasteiger charge is 2.42. The number of rotatable bonds is 2. The Balaban J connectivity index is 1.63. The summed E-state index contributed by atoms with van der Waals surface area (Å²) in [5.41, 5.74) is -0.102. The zero-order valence-electron chi connectivity index (χ0n) is 12.6. The molecule has 2 aliphatic carbocycles. The topological polar surface area (TPSA) is 66.8 Å². The van der Waals surface area contributed by atoms with Crippen LogP contribution in [0.3, 0.4) is 0 Å². The van der Waals surface area contributed by atoms with Gasteiger partial charge in [-0.1, -0.05) is 19.3 Å². The molecule has 1 spiro atoms. The first-order chi connectivity index (χ1) is 10.1. The largest absolute Gasteiger partial charge is 0.481 e. The second-order valence-corrected chi connectivity index (χ2v) is 6.90. The minimum absolute atomic E-state index is 0.101. The molecule has 3 fully saturated rings. The van der Waals surface area contributed by atoms with Crippen LogP contribution in [0, 0.1) is 11.8 Å². The molecule has 0 bridgehead atoms. The number of carbonyl (C=O) groups is 2. The summed E-state index contributed by atoms with van der Waals surface area (Å²) in [7, 11) is 0. The van der Waals surface area contributed by atoms with E-state index in [0.717, 1.165) is 25.7 Å². The number of carboxylic acid groups (broad SMARTS) is 1. The molecule has 0 aromatic heterocycles. The summed E-state index contributed by atoms with van der Waals surface area (Å²) >= 11 is 0. The highest BCUT2D eigenvalue weighted by atomic mass is 16.5. The van der Waals surface area contributed by atoms with Gasteiger partial charge in [0, 0.05) is 19.0 Å². The number of ether oxygens (including phenoxy) is 1. The summed E-state index contributed by atoms with van der Waals surface area (Å²) in [6.07, 6.45) is 7.40. The van der Waals surface area contributed by atoms with Gasteiger partial charge in [-0.15, -0.1) is 0 Å². The van der Waals surface area contributed by atoms with E-state index in [1.165, 1.54) is 12.8 Å². The molecule has 1 saturated heterocycles. The normalized spacial score (nSPS) is 32.3. The van der Waals surface area contributed by atoms with E-state index >= 15 is 0 Å². The number of carboxylic acids is 1. The fourth-order valence-corrected chi connectivity index (χ4v) is 4.25. The Morgan fingerprint density at radius 1 is 1.10 bits per heavy atom. The van der Waals surface area contributed by atoms with Crippen LogP contribution in [0.5, 0.6) is 0 Å². The molecule has 1 aliphatic heterocycles. The van der Waals surface area contributed by atoms with Crippen molar-refractivity contribution in [3.63, 3.8) is 0 Å². The molecule has 5 heteroatoms. The smallest absolute Gasteiger partial charge is 0.306 e. The number of nitrogens with zero attached hydrogens (tertiary/aromatic N) is 1. The highest BCUT2D eigenvalue weighted by molar-refractivity contribution is 5.80. The number of aliphatic carboxylic acids is 1. The fourth-order valence-electron chi connectivity index (χ4n) is 4.25. The molecule has 2 saturated carbocycles. The summed E-state index contributed by atoms with van der Waals surface area (Å²) in [6.45, 7) is 2.00. The van der Waals surface area contributed by atoms with E-state index in [4.69, 9.17) is 4.74 Å². The lowest BCUT2D eigenvalue weighted by Gasteiger charge is -2.42. The van der Waals surface area contributed by atoms with Crippen LogP contribution in [0.15, 0.2) is 0 Å². The maximum atomic E-state index is 12.7. The monoisotopic (exact) mass is 295 g/mol. The van der Waals surface area contributed by atoms with Gasteiger partial charge in [0.25, 0.3) is 0 Å². The molecule has 3 rings (SSSR count). The van der Waals surface area contributed by atoms with Crippen molar-refractivity contribution in [2.45, 2.75) is 57.0 Å². The third-order valence-electron chi connectivity index (χ3n) is 5.45. The maximum absolute atomic E-state index is 12.7. The van der Waals surface area contributed by atoms with E-state index in [9.17, 15) is 14.7 Å². The number of hydrogen-bond acceptors (Lipinski definition) is 3. The molecule has 2 atom stereocenters. The summed E-state index contributed by atoms with van der Waals surface area (Å²) < 4.78 is 5.97. The van der Waals surface area contributed by atoms with E-state index in [1.54, 1.807) is 0 Å². The summed E-state index contributed by atoms with van der Waals surface area (Å²) in [5.74, 6) is -1.03. The van der Waals surface area contributed by atoms with Crippen LogP contribution in [-0.2, 0) is 14.3 Å². The van der Waals surface area contributed by atoms with Crippen LogP contribution in [0.2, 0.25) is 0 Å². The second-order valence-electron chi connectivity index (χ2n) is 6.90. The Labute approximate surface area is 125 Å². The second kappa shape index (κ2) is 5.95. The van der Waals surface area contributed by atoms with Gasteiger partial charge in [-0.3, -0.25) is 9.59 Å². The van der Waals surface area contributed by atoms with Gasteiger partial charge in [-0.2, -0.15) is 0 Å². The summed E-state index contributed by atoms with van der Waals surface area (Å²) in [5, 5.41) is 9.17. The molecule has 1 amide bonds. The van der Waals surface area contributed by atoms with Crippen molar-refractivity contribution in [2.24, 2.45) is 11.8 Å². The predicted molar refractivity (Wildman–Crippen MR) is 76.8 cm³/mol. The average Bonchev–Trinajstić information content (AvgIpc) is 2.94. The average molecular weight is 295 g/mol. The van der Waals surface area contributed by atoms with Gasteiger partial charge in [0.2, 0.25) is 5.91 Å². The Morgan fingerprint density at radius 2 is 1.81 bits per heavy atom. The lowest BCUT2D eigenvalue weighted by molar-refractivity contribution is -0.156. The molecule has 1 N–H and O–H groups in total. The molecule has 118 valence electrons. The molecule has 0 aromatic rings. The quantitative estimate of drug-likeness (QED) is 0.846. The number of hydrogen-bond donors (Lipinski definition) is 1. The molecule has 0 radical (unpaired) electrons. The van der Waals surface area contributed by atoms with Crippen LogP contribution in [0.1, 0.15) is 51.4 Å². The van der Waals surface area contributed by atoms with Crippen molar-refractivity contribution in [1.82, 2.24) is 4.90 Å². The van der Waals surface area contributed by atoms with E-state index in [0.29, 0.717) is 32.5 Å². The first kappa shape index (κ1) is 14.8. The van der Waals surface area contributed by atoms with Gasteiger partial charge in [-0.25, -0.2) is 0 Å². The number of carbonyl (C=O) groups excluding carboxylic acids is 1. The van der Waals surface area contributed by atoms with Gasteiger partial charge in [0.1, 0.15) is 0 Å². The first-order valence-corrected chi connectivity index (χ1v) is 8.25. The van der Waals surface area contributed by atoms with Crippen molar-refractivity contribution in [1.29, 1.82) is 0 Å². The molecular weight excluding hydrogens is 270 g/mol. The third kappa shape index (κ3) is 3.07. The zero-order valence-corrected chi connectivity index (χ0v) is 12.6. The highest BCUT2D eigenvalue weighted by Crippen LogP contribution is 2.37. The third-order valence-corrected chi connectivity index (χ3v) is 5.45. The SMILES string of the molecule is O=C(O)C1CCCC(C(=O)N2CCOC3(CCCC3)C2)C1. The Hall–Kier alpha value is -1.10. The number of amides is 1. The van der Waals surface area contributed by atoms with Crippen LogP contribution in [0.25, 0.3) is 0 Å². The van der Waals surface area contributed by atoms with Crippen LogP contribution >= 0.6 is 0 Å². The molecule has 5 nitrogen and oxygen atoms in total. The van der Waals surface area contributed by atoms with Gasteiger partial charge in [0.05, 0.1) is 18.1 Å². The van der Waals surface area contributed by atoms with Gasteiger partial charge < -0.3 is 14.7 Å². The van der Waals surface area contributed by atoms with Crippen LogP contribution < -0.4 is 0 Å². The minimum Gasteiger partial charge on any atom is -0.481 e. The Morgan fingerprint density at radius 3 is 2.52 bits per heavy atom. The number of morpholine rings is 1. The fraction of sp³-hybridized carbons (Fsp3) is 0.875. The van der Waals surface area contributed by atoms with Gasteiger partial charge in [-0.05, 0) is 32.1 Å². The minimum atomic E-state index is -0.748. The summed E-state index contributed by atoms with van der Waals surface area (Å²) in [4.78, 5) is 25.8. The Bertz CT molecular complexity index is 417. The van der Waals surface area contributed by atoms with Crippen molar-refractivity contribution in [2.75, 3.05) is 19.7 Å². The lowest BCUT2D eigenvalue weighted by atomic mass is 9.80. The molecule has 2 unspecified atom stereocenters. The molecular formula is C16H25NO4. The van der Waals surface area contributed by atoms with Crippen molar-refractivity contribution < 1.29 is 19.4 Å². The lowest BCUT2D eigenvalue weighted by Crippen LogP contribution is -2.54. The zero-order chi connectivity index (χ0) is 14.9. The van der Waals surface area contributed by atoms with Crippen molar-refractivity contribution in [3.05, 3.63) is 0 Å². The molecule has 3 aliphatic rings. The molecule has 0 aromatic carbocycles. The van der Waals surface area contributed by atoms with E-state index < -0.39 is 5.97 Å². The van der Waals surface area contributed by atoms with Crippen molar-refractivity contribution >= 4 is 11.9 Å². The van der Waals surface area contributed by atoms with Gasteiger partial charge in [0.15, 0.2) is 0 Å².